The van der Waals surface area contributed by atoms with Crippen molar-refractivity contribution in [3.8, 4) is 11.5 Å². The number of thiophene rings is 1. The zero-order chi connectivity index (χ0) is 24.7. The predicted molar refractivity (Wildman–Crippen MR) is 132 cm³/mol. The zero-order valence-electron chi connectivity index (χ0n) is 18.5. The number of pyridine rings is 1. The fraction of sp³-hybridized carbons (Fsp3) is 0.318. The Bertz CT molecular complexity index is 1520. The smallest absolute Gasteiger partial charge is 0.286 e. The Kier molecular flexibility index (Phi) is 5.89. The first-order valence-electron chi connectivity index (χ1n) is 11.0. The highest BCUT2D eigenvalue weighted by Gasteiger charge is 2.31. The fourth-order valence-electron chi connectivity index (χ4n) is 4.34. The Labute approximate surface area is 204 Å². The number of fused-ring (bicyclic) bond motifs is 2. The van der Waals surface area contributed by atoms with Crippen LogP contribution in [0.2, 0.25) is 0 Å². The molecule has 0 bridgehead atoms. The molecule has 2 aromatic heterocycles. The van der Waals surface area contributed by atoms with Crippen LogP contribution in [0.4, 0.5) is 5.69 Å². The number of amidine groups is 1. The molecule has 3 aromatic rings. The van der Waals surface area contributed by atoms with Gasteiger partial charge in [-0.15, -0.1) is 15.7 Å². The lowest BCUT2D eigenvalue weighted by Gasteiger charge is -2.26. The van der Waals surface area contributed by atoms with E-state index >= 15 is 0 Å². The van der Waals surface area contributed by atoms with Gasteiger partial charge in [-0.25, -0.2) is 4.68 Å². The van der Waals surface area contributed by atoms with Gasteiger partial charge in [-0.2, -0.15) is 8.42 Å². The molecule has 1 aromatic carbocycles. The number of aromatic hydroxyl groups is 1. The number of aromatic nitrogens is 1. The molecule has 0 spiro atoms. The van der Waals surface area contributed by atoms with Crippen LogP contribution in [0.1, 0.15) is 37.7 Å². The quantitative estimate of drug-likeness (QED) is 0.386. The number of ether oxygens (including phenoxy) is 1. The number of carbonyl (C=O) groups excluding carboxylic acids is 1. The van der Waals surface area contributed by atoms with Crippen LogP contribution >= 0.6 is 11.3 Å². The molecule has 1 aliphatic heterocycles. The maximum atomic E-state index is 13.6. The molecule has 0 unspecified atom stereocenters. The molecule has 13 heteroatoms. The molecular formula is C22H23N5O6S2. The van der Waals surface area contributed by atoms with Crippen molar-refractivity contribution in [3.63, 3.8) is 0 Å². The van der Waals surface area contributed by atoms with Gasteiger partial charge in [0.1, 0.15) is 16.2 Å². The molecule has 1 fully saturated rings. The van der Waals surface area contributed by atoms with E-state index in [0.29, 0.717) is 10.2 Å². The van der Waals surface area contributed by atoms with Gasteiger partial charge in [0.25, 0.3) is 21.5 Å². The number of hydrogen-bond acceptors (Lipinski definition) is 9. The van der Waals surface area contributed by atoms with E-state index in [9.17, 15) is 23.1 Å². The number of nitrogens with one attached hydrogen (secondary N) is 2. The third-order valence-corrected chi connectivity index (χ3v) is 8.21. The number of nitrogens with zero attached hydrogens (tertiary/aromatic N) is 2. The van der Waals surface area contributed by atoms with E-state index in [1.165, 1.54) is 34.2 Å². The number of amides is 1. The normalized spacial score (nSPS) is 17.3. The number of benzene rings is 1. The first-order chi connectivity index (χ1) is 16.7. The van der Waals surface area contributed by atoms with Crippen LogP contribution in [0.3, 0.4) is 0 Å². The van der Waals surface area contributed by atoms with Crippen LogP contribution in [-0.4, -0.2) is 42.6 Å². The number of nitrogens with two attached hydrogens (primary N) is 1. The second kappa shape index (κ2) is 8.89. The zero-order valence-corrected chi connectivity index (χ0v) is 20.1. The maximum Gasteiger partial charge on any atom is 0.286 e. The van der Waals surface area contributed by atoms with Gasteiger partial charge in [0.2, 0.25) is 0 Å². The summed E-state index contributed by atoms with van der Waals surface area (Å²) >= 11 is 1.24. The molecule has 5 N–H and O–H groups in total. The summed E-state index contributed by atoms with van der Waals surface area (Å²) in [7, 11) is -4.26. The summed E-state index contributed by atoms with van der Waals surface area (Å²) in [5.74, 6) is -1.21. The van der Waals surface area contributed by atoms with Crippen LogP contribution < -0.4 is 26.8 Å². The van der Waals surface area contributed by atoms with Crippen molar-refractivity contribution in [2.75, 3.05) is 17.3 Å². The van der Waals surface area contributed by atoms with Crippen molar-refractivity contribution in [1.29, 1.82) is 0 Å². The van der Waals surface area contributed by atoms with Gasteiger partial charge in [-0.3, -0.25) is 9.59 Å². The average Bonchev–Trinajstić information content (AvgIpc) is 3.31. The SMILES string of the molecule is NC(=O)COc1ccc2c(c1)S(=O)(=O)N=C(c1c(O)c3sccc3n(NC3CCCCC3)c1=O)N2. The molecule has 1 aliphatic carbocycles. The lowest BCUT2D eigenvalue weighted by molar-refractivity contribution is -0.119. The minimum Gasteiger partial charge on any atom is -0.505 e. The Morgan fingerprint density at radius 2 is 2.06 bits per heavy atom. The average molecular weight is 518 g/mol. The molecule has 0 radical (unpaired) electrons. The molecule has 0 saturated heterocycles. The van der Waals surface area contributed by atoms with Gasteiger partial charge < -0.3 is 26.3 Å². The van der Waals surface area contributed by atoms with Crippen LogP contribution in [0.5, 0.6) is 11.5 Å². The Morgan fingerprint density at radius 1 is 1.29 bits per heavy atom. The maximum absolute atomic E-state index is 13.6. The second-order valence-corrected chi connectivity index (χ2v) is 10.9. The van der Waals surface area contributed by atoms with Crippen LogP contribution in [0.15, 0.2) is 43.7 Å². The fourth-order valence-corrected chi connectivity index (χ4v) is 6.30. The molecule has 184 valence electrons. The number of hydrogen-bond donors (Lipinski definition) is 4. The van der Waals surface area contributed by atoms with Crippen molar-refractivity contribution in [3.05, 3.63) is 45.6 Å². The Balaban J connectivity index is 1.58. The first-order valence-corrected chi connectivity index (χ1v) is 13.4. The van der Waals surface area contributed by atoms with E-state index in [2.05, 4.69) is 15.1 Å². The van der Waals surface area contributed by atoms with Gasteiger partial charge in [0.15, 0.2) is 18.2 Å². The lowest BCUT2D eigenvalue weighted by atomic mass is 9.96. The minimum atomic E-state index is -4.26. The molecular weight excluding hydrogens is 494 g/mol. The predicted octanol–water partition coefficient (Wildman–Crippen LogP) is 2.07. The lowest BCUT2D eigenvalue weighted by Crippen LogP contribution is -2.40. The molecule has 2 aliphatic rings. The second-order valence-electron chi connectivity index (χ2n) is 8.42. The van der Waals surface area contributed by atoms with Crippen molar-refractivity contribution in [2.45, 2.75) is 43.0 Å². The third kappa shape index (κ3) is 4.32. The van der Waals surface area contributed by atoms with Crippen molar-refractivity contribution >= 4 is 49.0 Å². The van der Waals surface area contributed by atoms with Crippen molar-refractivity contribution in [2.24, 2.45) is 10.1 Å². The van der Waals surface area contributed by atoms with E-state index in [0.717, 1.165) is 32.1 Å². The molecule has 0 atom stereocenters. The van der Waals surface area contributed by atoms with E-state index in [1.807, 2.05) is 0 Å². The Morgan fingerprint density at radius 3 is 2.80 bits per heavy atom. The Hall–Kier alpha value is -3.58. The number of primary amides is 1. The van der Waals surface area contributed by atoms with E-state index in [4.69, 9.17) is 10.5 Å². The van der Waals surface area contributed by atoms with E-state index < -0.39 is 28.1 Å². The number of carbonyl (C=O) groups is 1. The number of rotatable bonds is 6. The summed E-state index contributed by atoms with van der Waals surface area (Å²) < 4.78 is 36.8. The van der Waals surface area contributed by atoms with Gasteiger partial charge in [0, 0.05) is 12.1 Å². The summed E-state index contributed by atoms with van der Waals surface area (Å²) in [4.78, 5) is 24.3. The molecule has 3 heterocycles. The summed E-state index contributed by atoms with van der Waals surface area (Å²) in [6.45, 7) is -0.414. The van der Waals surface area contributed by atoms with E-state index in [-0.39, 0.29) is 39.5 Å². The minimum absolute atomic E-state index is 0.0893. The van der Waals surface area contributed by atoms with Crippen LogP contribution in [-0.2, 0) is 14.8 Å². The molecule has 11 nitrogen and oxygen atoms in total. The highest BCUT2D eigenvalue weighted by Crippen LogP contribution is 2.36. The summed E-state index contributed by atoms with van der Waals surface area (Å²) in [5, 5.41) is 15.6. The monoisotopic (exact) mass is 517 g/mol. The summed E-state index contributed by atoms with van der Waals surface area (Å²) in [5.41, 5.74) is 8.16. The highest BCUT2D eigenvalue weighted by atomic mass is 32.2. The molecule has 5 rings (SSSR count). The molecule has 1 saturated carbocycles. The van der Waals surface area contributed by atoms with Gasteiger partial charge >= 0.3 is 0 Å². The summed E-state index contributed by atoms with van der Waals surface area (Å²) in [6.07, 6.45) is 5.08. The molecule has 1 amide bonds. The van der Waals surface area contributed by atoms with Gasteiger partial charge in [0.05, 0.1) is 15.9 Å². The van der Waals surface area contributed by atoms with Crippen molar-refractivity contribution < 1.29 is 23.1 Å². The number of anilines is 1. The van der Waals surface area contributed by atoms with Gasteiger partial charge in [-0.05, 0) is 36.4 Å². The first kappa shape index (κ1) is 23.2. The van der Waals surface area contributed by atoms with Crippen molar-refractivity contribution in [1.82, 2.24) is 4.68 Å². The van der Waals surface area contributed by atoms with Gasteiger partial charge in [-0.1, -0.05) is 19.3 Å². The van der Waals surface area contributed by atoms with Crippen LogP contribution in [0, 0.1) is 0 Å². The molecule has 35 heavy (non-hydrogen) atoms. The summed E-state index contributed by atoms with van der Waals surface area (Å²) in [6, 6.07) is 5.92. The number of sulfonamides is 1. The highest BCUT2D eigenvalue weighted by molar-refractivity contribution is 7.90. The third-order valence-electron chi connectivity index (χ3n) is 5.98. The standard InChI is InChI=1S/C22H23N5O6S2/c23-17(28)11-33-13-6-7-14-16(10-13)35(31,32)26-21(24-14)18-19(29)20-15(8-9-34-20)27(22(18)30)25-12-4-2-1-3-5-12/h6-10,12,25,29H,1-5,11H2,(H2,23,28)(H,24,26). The topological polar surface area (TPSA) is 165 Å². The van der Waals surface area contributed by atoms with Crippen LogP contribution in [0.25, 0.3) is 10.2 Å². The largest absolute Gasteiger partial charge is 0.505 e. The van der Waals surface area contributed by atoms with E-state index in [1.54, 1.807) is 11.4 Å².